The number of hydrogen-bond acceptors (Lipinski definition) is 3. The Morgan fingerprint density at radius 3 is 2.55 bits per heavy atom. The number of rotatable bonds is 3. The summed E-state index contributed by atoms with van der Waals surface area (Å²) in [7, 11) is 0. The highest BCUT2D eigenvalue weighted by molar-refractivity contribution is 6.05. The highest BCUT2D eigenvalue weighted by Crippen LogP contribution is 2.22. The van der Waals surface area contributed by atoms with Crippen molar-refractivity contribution in [3.05, 3.63) is 71.8 Å². The van der Waals surface area contributed by atoms with E-state index in [4.69, 9.17) is 0 Å². The molecule has 1 amide bonds. The molecule has 22 heavy (non-hydrogen) atoms. The zero-order chi connectivity index (χ0) is 15.5. The van der Waals surface area contributed by atoms with Crippen molar-refractivity contribution in [3.63, 3.8) is 0 Å². The Morgan fingerprint density at radius 1 is 1.09 bits per heavy atom. The van der Waals surface area contributed by atoms with Gasteiger partial charge in [-0.1, -0.05) is 6.07 Å². The largest absolute Gasteiger partial charge is 0.320 e. The van der Waals surface area contributed by atoms with Gasteiger partial charge < -0.3 is 5.32 Å². The standard InChI is InChI=1S/C17H16N4O/c1-12-3-4-16(21-11-13(2)10-19-21)15(9-12)20-17(22)14-5-7-18-8-6-14/h3-11H,1-2H3,(H,20,22). The summed E-state index contributed by atoms with van der Waals surface area (Å²) in [5.41, 5.74) is 4.26. The van der Waals surface area contributed by atoms with Crippen LogP contribution in [-0.4, -0.2) is 20.7 Å². The molecule has 2 aromatic heterocycles. The van der Waals surface area contributed by atoms with Gasteiger partial charge in [0.25, 0.3) is 5.91 Å². The lowest BCUT2D eigenvalue weighted by Crippen LogP contribution is -2.14. The predicted octanol–water partition coefficient (Wildman–Crippen LogP) is 3.14. The Labute approximate surface area is 128 Å². The smallest absolute Gasteiger partial charge is 0.255 e. The first-order valence-corrected chi connectivity index (χ1v) is 6.97. The molecule has 0 aliphatic heterocycles. The quantitative estimate of drug-likeness (QED) is 0.806. The lowest BCUT2D eigenvalue weighted by molar-refractivity contribution is 0.102. The summed E-state index contributed by atoms with van der Waals surface area (Å²) in [5.74, 6) is -0.168. The molecule has 0 radical (unpaired) electrons. The number of hydrogen-bond donors (Lipinski definition) is 1. The van der Waals surface area contributed by atoms with Gasteiger partial charge in [-0.2, -0.15) is 5.10 Å². The van der Waals surface area contributed by atoms with Crippen LogP contribution in [0.5, 0.6) is 0 Å². The van der Waals surface area contributed by atoms with E-state index >= 15 is 0 Å². The molecule has 0 spiro atoms. The molecule has 3 rings (SSSR count). The minimum atomic E-state index is -0.168. The first-order valence-electron chi connectivity index (χ1n) is 6.97. The predicted molar refractivity (Wildman–Crippen MR) is 85.2 cm³/mol. The van der Waals surface area contributed by atoms with Crippen LogP contribution in [0.15, 0.2) is 55.1 Å². The van der Waals surface area contributed by atoms with E-state index in [1.54, 1.807) is 35.4 Å². The van der Waals surface area contributed by atoms with Crippen molar-refractivity contribution < 1.29 is 4.79 Å². The summed E-state index contributed by atoms with van der Waals surface area (Å²) in [5, 5.41) is 7.26. The fraction of sp³-hybridized carbons (Fsp3) is 0.118. The molecule has 2 heterocycles. The van der Waals surface area contributed by atoms with Crippen LogP contribution in [0.25, 0.3) is 5.69 Å². The van der Waals surface area contributed by atoms with E-state index in [1.807, 2.05) is 38.2 Å². The summed E-state index contributed by atoms with van der Waals surface area (Å²) < 4.78 is 1.76. The molecule has 0 bridgehead atoms. The number of carbonyl (C=O) groups is 1. The number of pyridine rings is 1. The van der Waals surface area contributed by atoms with Crippen molar-refractivity contribution in [2.45, 2.75) is 13.8 Å². The first-order chi connectivity index (χ1) is 10.6. The van der Waals surface area contributed by atoms with Crippen molar-refractivity contribution in [2.75, 3.05) is 5.32 Å². The molecule has 1 aromatic carbocycles. The number of carbonyl (C=O) groups excluding carboxylic acids is 1. The Kier molecular flexibility index (Phi) is 3.70. The molecule has 5 heteroatoms. The van der Waals surface area contributed by atoms with Gasteiger partial charge in [-0.15, -0.1) is 0 Å². The SMILES string of the molecule is Cc1ccc(-n2cc(C)cn2)c(NC(=O)c2ccncc2)c1. The molecule has 0 aliphatic rings. The first kappa shape index (κ1) is 14.0. The van der Waals surface area contributed by atoms with Crippen molar-refractivity contribution in [2.24, 2.45) is 0 Å². The molecule has 0 aliphatic carbocycles. The van der Waals surface area contributed by atoms with Crippen LogP contribution in [0.2, 0.25) is 0 Å². The van der Waals surface area contributed by atoms with Crippen molar-refractivity contribution in [1.29, 1.82) is 0 Å². The third-order valence-electron chi connectivity index (χ3n) is 3.30. The van der Waals surface area contributed by atoms with Crippen LogP contribution in [0.4, 0.5) is 5.69 Å². The number of nitrogens with zero attached hydrogens (tertiary/aromatic N) is 3. The van der Waals surface area contributed by atoms with Gasteiger partial charge in [0, 0.05) is 24.2 Å². The zero-order valence-electron chi connectivity index (χ0n) is 12.4. The Bertz CT molecular complexity index is 809. The molecular weight excluding hydrogens is 276 g/mol. The van der Waals surface area contributed by atoms with Gasteiger partial charge in [-0.25, -0.2) is 4.68 Å². The minimum Gasteiger partial charge on any atom is -0.320 e. The second-order valence-corrected chi connectivity index (χ2v) is 5.17. The maximum absolute atomic E-state index is 12.3. The maximum atomic E-state index is 12.3. The van der Waals surface area contributed by atoms with Gasteiger partial charge in [0.05, 0.1) is 17.6 Å². The van der Waals surface area contributed by atoms with Crippen molar-refractivity contribution in [3.8, 4) is 5.69 Å². The molecule has 0 saturated carbocycles. The topological polar surface area (TPSA) is 59.8 Å². The van der Waals surface area contributed by atoms with Crippen LogP contribution in [0.3, 0.4) is 0 Å². The summed E-state index contributed by atoms with van der Waals surface area (Å²) in [6.45, 7) is 3.97. The van der Waals surface area contributed by atoms with Crippen LogP contribution in [-0.2, 0) is 0 Å². The summed E-state index contributed by atoms with van der Waals surface area (Å²) in [6.07, 6.45) is 6.91. The Hall–Kier alpha value is -2.95. The molecule has 5 nitrogen and oxygen atoms in total. The fourth-order valence-electron chi connectivity index (χ4n) is 2.19. The number of aromatic nitrogens is 3. The third kappa shape index (κ3) is 2.88. The lowest BCUT2D eigenvalue weighted by atomic mass is 10.1. The van der Waals surface area contributed by atoms with Gasteiger partial charge in [0.1, 0.15) is 0 Å². The van der Waals surface area contributed by atoms with E-state index in [9.17, 15) is 4.79 Å². The minimum absolute atomic E-state index is 0.168. The highest BCUT2D eigenvalue weighted by atomic mass is 16.1. The maximum Gasteiger partial charge on any atom is 0.255 e. The van der Waals surface area contributed by atoms with Gasteiger partial charge in [0.2, 0.25) is 0 Å². The normalized spacial score (nSPS) is 10.5. The van der Waals surface area contributed by atoms with Crippen LogP contribution in [0, 0.1) is 13.8 Å². The monoisotopic (exact) mass is 292 g/mol. The molecule has 1 N–H and O–H groups in total. The molecule has 110 valence electrons. The summed E-state index contributed by atoms with van der Waals surface area (Å²) >= 11 is 0. The molecule has 0 atom stereocenters. The van der Waals surface area contributed by atoms with E-state index < -0.39 is 0 Å². The number of nitrogens with one attached hydrogen (secondary N) is 1. The molecule has 0 saturated heterocycles. The fourth-order valence-corrected chi connectivity index (χ4v) is 2.19. The molecular formula is C17H16N4O. The van der Waals surface area contributed by atoms with E-state index in [1.165, 1.54) is 0 Å². The van der Waals surface area contributed by atoms with Crippen LogP contribution in [0.1, 0.15) is 21.5 Å². The molecule has 3 aromatic rings. The van der Waals surface area contributed by atoms with Gasteiger partial charge in [0.15, 0.2) is 0 Å². The average Bonchev–Trinajstić information content (AvgIpc) is 2.94. The van der Waals surface area contributed by atoms with E-state index in [2.05, 4.69) is 15.4 Å². The van der Waals surface area contributed by atoms with Crippen molar-refractivity contribution >= 4 is 11.6 Å². The van der Waals surface area contributed by atoms with Gasteiger partial charge >= 0.3 is 0 Å². The van der Waals surface area contributed by atoms with E-state index in [-0.39, 0.29) is 5.91 Å². The molecule has 0 fully saturated rings. The lowest BCUT2D eigenvalue weighted by Gasteiger charge is -2.12. The van der Waals surface area contributed by atoms with Crippen LogP contribution < -0.4 is 5.32 Å². The zero-order valence-corrected chi connectivity index (χ0v) is 12.4. The molecule has 0 unspecified atom stereocenters. The summed E-state index contributed by atoms with van der Waals surface area (Å²) in [4.78, 5) is 16.3. The summed E-state index contributed by atoms with van der Waals surface area (Å²) in [6, 6.07) is 9.25. The number of anilines is 1. The van der Waals surface area contributed by atoms with E-state index in [0.29, 0.717) is 5.56 Å². The second-order valence-electron chi connectivity index (χ2n) is 5.17. The highest BCUT2D eigenvalue weighted by Gasteiger charge is 2.11. The second kappa shape index (κ2) is 5.81. The van der Waals surface area contributed by atoms with Crippen LogP contribution >= 0.6 is 0 Å². The number of amides is 1. The number of benzene rings is 1. The Morgan fingerprint density at radius 2 is 1.86 bits per heavy atom. The van der Waals surface area contributed by atoms with E-state index in [0.717, 1.165) is 22.5 Å². The average molecular weight is 292 g/mol. The third-order valence-corrected chi connectivity index (χ3v) is 3.30. The van der Waals surface area contributed by atoms with Crippen molar-refractivity contribution in [1.82, 2.24) is 14.8 Å². The Balaban J connectivity index is 1.96. The van der Waals surface area contributed by atoms with Gasteiger partial charge in [-0.3, -0.25) is 9.78 Å². The van der Waals surface area contributed by atoms with Gasteiger partial charge in [-0.05, 0) is 49.2 Å². The number of aryl methyl sites for hydroxylation is 2.